The fraction of sp³-hybridized carbons (Fsp3) is 0.545. The molecule has 0 saturated carbocycles. The van der Waals surface area contributed by atoms with E-state index in [2.05, 4.69) is 32.7 Å². The maximum atomic E-state index is 12.0. The Kier molecular flexibility index (Phi) is 5.92. The molecule has 0 unspecified atom stereocenters. The maximum Gasteiger partial charge on any atom is 0.239 e. The van der Waals surface area contributed by atoms with E-state index < -0.39 is 0 Å². The van der Waals surface area contributed by atoms with Crippen molar-refractivity contribution in [2.45, 2.75) is 25.4 Å². The Morgan fingerprint density at radius 2 is 2.47 bits per heavy atom. The fourth-order valence-electron chi connectivity index (χ4n) is 1.94. The summed E-state index contributed by atoms with van der Waals surface area (Å²) >= 11 is 5.08. The minimum absolute atomic E-state index is 0. The molecule has 2 rings (SSSR count). The molecule has 3 nitrogen and oxygen atoms in total. The van der Waals surface area contributed by atoms with Crippen molar-refractivity contribution in [2.75, 3.05) is 13.6 Å². The van der Waals surface area contributed by atoms with Crippen LogP contribution in [0.2, 0.25) is 0 Å². The molecular formula is C11H16BrClN2OS. The van der Waals surface area contributed by atoms with E-state index in [1.165, 1.54) is 5.56 Å². The van der Waals surface area contributed by atoms with Gasteiger partial charge in [-0.3, -0.25) is 4.79 Å². The molecule has 17 heavy (non-hydrogen) atoms. The fourth-order valence-corrected chi connectivity index (χ4v) is 3.14. The van der Waals surface area contributed by atoms with Crippen molar-refractivity contribution in [3.05, 3.63) is 20.8 Å². The molecule has 1 saturated heterocycles. The van der Waals surface area contributed by atoms with Crippen LogP contribution in [-0.2, 0) is 11.3 Å². The maximum absolute atomic E-state index is 12.0. The molecule has 2 heterocycles. The summed E-state index contributed by atoms with van der Waals surface area (Å²) in [5.41, 5.74) is 1.19. The van der Waals surface area contributed by atoms with Gasteiger partial charge in [-0.2, -0.15) is 0 Å². The van der Waals surface area contributed by atoms with Gasteiger partial charge in [0.05, 0.1) is 9.83 Å². The molecule has 1 aliphatic rings. The molecule has 1 amide bonds. The van der Waals surface area contributed by atoms with Gasteiger partial charge in [0.15, 0.2) is 0 Å². The number of hydrogen-bond acceptors (Lipinski definition) is 3. The predicted molar refractivity (Wildman–Crippen MR) is 76.8 cm³/mol. The van der Waals surface area contributed by atoms with Gasteiger partial charge in [-0.1, -0.05) is 0 Å². The molecule has 0 aliphatic carbocycles. The Morgan fingerprint density at radius 1 is 1.71 bits per heavy atom. The van der Waals surface area contributed by atoms with Gasteiger partial charge in [0, 0.05) is 13.6 Å². The molecule has 0 bridgehead atoms. The molecular weight excluding hydrogens is 324 g/mol. The van der Waals surface area contributed by atoms with Gasteiger partial charge >= 0.3 is 0 Å². The van der Waals surface area contributed by atoms with Crippen molar-refractivity contribution in [3.63, 3.8) is 0 Å². The van der Waals surface area contributed by atoms with Crippen LogP contribution in [0.25, 0.3) is 0 Å². The van der Waals surface area contributed by atoms with Gasteiger partial charge in [-0.05, 0) is 52.3 Å². The lowest BCUT2D eigenvalue weighted by Crippen LogP contribution is -2.41. The third-order valence-corrected chi connectivity index (χ3v) is 4.33. The summed E-state index contributed by atoms with van der Waals surface area (Å²) < 4.78 is 1.11. The van der Waals surface area contributed by atoms with Gasteiger partial charge in [0.1, 0.15) is 0 Å². The minimum atomic E-state index is 0. The van der Waals surface area contributed by atoms with Crippen LogP contribution in [0.5, 0.6) is 0 Å². The van der Waals surface area contributed by atoms with E-state index >= 15 is 0 Å². The molecule has 0 radical (unpaired) electrons. The lowest BCUT2D eigenvalue weighted by atomic mass is 10.2. The van der Waals surface area contributed by atoms with E-state index in [-0.39, 0.29) is 24.4 Å². The average molecular weight is 340 g/mol. The summed E-state index contributed by atoms with van der Waals surface area (Å²) in [5, 5.41) is 5.31. The number of carbonyl (C=O) groups is 1. The molecule has 1 atom stereocenters. The molecule has 1 N–H and O–H groups in total. The van der Waals surface area contributed by atoms with Crippen LogP contribution in [0.3, 0.4) is 0 Å². The van der Waals surface area contributed by atoms with E-state index in [9.17, 15) is 4.79 Å². The molecule has 0 spiro atoms. The van der Waals surface area contributed by atoms with Gasteiger partial charge in [0.2, 0.25) is 5.91 Å². The van der Waals surface area contributed by atoms with Crippen molar-refractivity contribution >= 4 is 45.6 Å². The zero-order valence-corrected chi connectivity index (χ0v) is 12.8. The van der Waals surface area contributed by atoms with Crippen LogP contribution >= 0.6 is 39.7 Å². The van der Waals surface area contributed by atoms with E-state index in [0.717, 1.165) is 23.2 Å². The monoisotopic (exact) mass is 338 g/mol. The van der Waals surface area contributed by atoms with Crippen LogP contribution in [0, 0.1) is 0 Å². The predicted octanol–water partition coefficient (Wildman–Crippen LogP) is 2.64. The third kappa shape index (κ3) is 3.95. The van der Waals surface area contributed by atoms with Gasteiger partial charge in [-0.25, -0.2) is 0 Å². The summed E-state index contributed by atoms with van der Waals surface area (Å²) in [7, 11) is 1.87. The second-order valence-corrected chi connectivity index (χ2v) is 6.39. The molecule has 6 heteroatoms. The lowest BCUT2D eigenvalue weighted by molar-refractivity contribution is -0.132. The van der Waals surface area contributed by atoms with Crippen molar-refractivity contribution in [1.29, 1.82) is 0 Å². The summed E-state index contributed by atoms with van der Waals surface area (Å²) in [6, 6.07) is 2.10. The number of nitrogens with zero attached hydrogens (tertiary/aromatic N) is 1. The zero-order chi connectivity index (χ0) is 11.5. The largest absolute Gasteiger partial charge is 0.340 e. The van der Waals surface area contributed by atoms with Gasteiger partial charge < -0.3 is 10.2 Å². The molecule has 96 valence electrons. The smallest absolute Gasteiger partial charge is 0.239 e. The average Bonchev–Trinajstić information content (AvgIpc) is 2.88. The minimum Gasteiger partial charge on any atom is -0.340 e. The van der Waals surface area contributed by atoms with Crippen LogP contribution < -0.4 is 5.32 Å². The number of halogens is 2. The number of likely N-dealkylation sites (N-methyl/N-ethyl adjacent to an activating group) is 1. The van der Waals surface area contributed by atoms with Crippen LogP contribution in [-0.4, -0.2) is 30.4 Å². The normalized spacial score (nSPS) is 18.8. The molecule has 0 aromatic carbocycles. The van der Waals surface area contributed by atoms with Crippen molar-refractivity contribution in [3.8, 4) is 0 Å². The summed E-state index contributed by atoms with van der Waals surface area (Å²) in [4.78, 5) is 13.8. The van der Waals surface area contributed by atoms with E-state index in [1.807, 2.05) is 7.05 Å². The van der Waals surface area contributed by atoms with Gasteiger partial charge in [0.25, 0.3) is 0 Å². The summed E-state index contributed by atoms with van der Waals surface area (Å²) in [6.45, 7) is 1.66. The SMILES string of the molecule is CN(Cc1csc(Br)c1)C(=O)[C@@H]1CCCN1.Cl. The number of amides is 1. The number of nitrogens with one attached hydrogen (secondary N) is 1. The highest BCUT2D eigenvalue weighted by atomic mass is 79.9. The Hall–Kier alpha value is -0.100. The summed E-state index contributed by atoms with van der Waals surface area (Å²) in [6.07, 6.45) is 2.07. The topological polar surface area (TPSA) is 32.3 Å². The zero-order valence-electron chi connectivity index (χ0n) is 9.61. The number of hydrogen-bond donors (Lipinski definition) is 1. The van der Waals surface area contributed by atoms with Crippen molar-refractivity contribution in [1.82, 2.24) is 10.2 Å². The quantitative estimate of drug-likeness (QED) is 0.918. The first-order chi connectivity index (χ1) is 7.66. The van der Waals surface area contributed by atoms with Crippen LogP contribution in [0.1, 0.15) is 18.4 Å². The molecule has 1 aromatic rings. The first-order valence-corrected chi connectivity index (χ1v) is 7.05. The van der Waals surface area contributed by atoms with E-state index in [4.69, 9.17) is 0 Å². The van der Waals surface area contributed by atoms with Crippen LogP contribution in [0.15, 0.2) is 15.2 Å². The summed E-state index contributed by atoms with van der Waals surface area (Å²) in [5.74, 6) is 0.208. The first kappa shape index (κ1) is 15.0. The lowest BCUT2D eigenvalue weighted by Gasteiger charge is -2.20. The number of thiophene rings is 1. The highest BCUT2D eigenvalue weighted by Crippen LogP contribution is 2.21. The Bertz CT molecular complexity index is 379. The Labute approximate surface area is 120 Å². The highest BCUT2D eigenvalue weighted by molar-refractivity contribution is 9.11. The Morgan fingerprint density at radius 3 is 3.00 bits per heavy atom. The first-order valence-electron chi connectivity index (χ1n) is 5.38. The molecule has 1 aliphatic heterocycles. The van der Waals surface area contributed by atoms with Crippen molar-refractivity contribution in [2.24, 2.45) is 0 Å². The molecule has 1 fully saturated rings. The number of rotatable bonds is 3. The molecule has 1 aromatic heterocycles. The standard InChI is InChI=1S/C11H15BrN2OS.ClH/c1-14(6-8-5-10(12)16-7-8)11(15)9-3-2-4-13-9;/h5,7,9,13H,2-4,6H2,1H3;1H/t9-;/m0./s1. The van der Waals surface area contributed by atoms with E-state index in [0.29, 0.717) is 6.54 Å². The second-order valence-electron chi connectivity index (χ2n) is 4.10. The Balaban J connectivity index is 0.00000144. The highest BCUT2D eigenvalue weighted by Gasteiger charge is 2.24. The third-order valence-electron chi connectivity index (χ3n) is 2.78. The van der Waals surface area contributed by atoms with Gasteiger partial charge in [-0.15, -0.1) is 23.7 Å². The van der Waals surface area contributed by atoms with Crippen LogP contribution in [0.4, 0.5) is 0 Å². The van der Waals surface area contributed by atoms with Crippen molar-refractivity contribution < 1.29 is 4.79 Å². The van der Waals surface area contributed by atoms with E-state index in [1.54, 1.807) is 16.2 Å². The second kappa shape index (κ2) is 6.73. The number of carbonyl (C=O) groups excluding carboxylic acids is 1.